The summed E-state index contributed by atoms with van der Waals surface area (Å²) in [5.74, 6) is -1.20. The van der Waals surface area contributed by atoms with Crippen LogP contribution in [0.2, 0.25) is 4.34 Å². The number of halogens is 1. The Kier molecular flexibility index (Phi) is 6.98. The average Bonchev–Trinajstić information content (AvgIpc) is 2.81. The van der Waals surface area contributed by atoms with Gasteiger partial charge in [0.2, 0.25) is 5.91 Å². The van der Waals surface area contributed by atoms with Crippen molar-refractivity contribution in [3.05, 3.63) is 21.3 Å². The van der Waals surface area contributed by atoms with Crippen molar-refractivity contribution in [1.29, 1.82) is 0 Å². The molecule has 2 atom stereocenters. The van der Waals surface area contributed by atoms with Gasteiger partial charge in [0.25, 0.3) is 0 Å². The van der Waals surface area contributed by atoms with Crippen LogP contribution in [-0.2, 0) is 16.1 Å². The van der Waals surface area contributed by atoms with E-state index in [0.29, 0.717) is 10.9 Å². The summed E-state index contributed by atoms with van der Waals surface area (Å²) >= 11 is 7.20. The third-order valence-electron chi connectivity index (χ3n) is 3.05. The Bertz CT molecular complexity index is 464. The second kappa shape index (κ2) is 8.24. The smallest absolute Gasteiger partial charge is 0.320 e. The molecule has 0 aromatic carbocycles. The van der Waals surface area contributed by atoms with Crippen molar-refractivity contribution in [3.63, 3.8) is 0 Å². The van der Waals surface area contributed by atoms with Crippen LogP contribution in [0.4, 0.5) is 0 Å². The third-order valence-corrected chi connectivity index (χ3v) is 4.28. The Hall–Kier alpha value is -1.11. The molecule has 1 aromatic rings. The number of hydrogen-bond donors (Lipinski definition) is 3. The molecular formula is C13H19ClN2O3S. The molecule has 112 valence electrons. The predicted molar refractivity (Wildman–Crippen MR) is 80.1 cm³/mol. The number of carboxylic acids is 1. The van der Waals surface area contributed by atoms with Crippen molar-refractivity contribution >= 4 is 34.8 Å². The highest BCUT2D eigenvalue weighted by Crippen LogP contribution is 2.20. The van der Waals surface area contributed by atoms with Crippen LogP contribution >= 0.6 is 22.9 Å². The monoisotopic (exact) mass is 318 g/mol. The van der Waals surface area contributed by atoms with E-state index in [1.807, 2.05) is 19.9 Å². The minimum absolute atomic E-state index is 0.0135. The van der Waals surface area contributed by atoms with Crippen molar-refractivity contribution in [2.24, 2.45) is 5.92 Å². The highest BCUT2D eigenvalue weighted by Gasteiger charge is 2.23. The molecule has 7 heteroatoms. The standard InChI is InChI=1S/C13H19ClN2O3S/c1-3-8(2)12(13(18)19)16-7-11(17)15-6-9-4-5-10(14)20-9/h4-5,8,12,16H,3,6-7H2,1-2H3,(H,15,17)(H,18,19)/t8-,12-/m0/s1. The summed E-state index contributed by atoms with van der Waals surface area (Å²) in [6.07, 6.45) is 0.735. The topological polar surface area (TPSA) is 78.4 Å². The van der Waals surface area contributed by atoms with Gasteiger partial charge in [-0.1, -0.05) is 31.9 Å². The molecule has 0 fully saturated rings. The van der Waals surface area contributed by atoms with Crippen molar-refractivity contribution in [2.45, 2.75) is 32.9 Å². The molecule has 0 radical (unpaired) electrons. The molecule has 1 heterocycles. The van der Waals surface area contributed by atoms with E-state index in [1.54, 1.807) is 6.07 Å². The van der Waals surface area contributed by atoms with Crippen molar-refractivity contribution in [1.82, 2.24) is 10.6 Å². The van der Waals surface area contributed by atoms with E-state index in [0.717, 1.165) is 11.3 Å². The minimum Gasteiger partial charge on any atom is -0.480 e. The zero-order valence-electron chi connectivity index (χ0n) is 11.5. The van der Waals surface area contributed by atoms with Gasteiger partial charge in [0.05, 0.1) is 17.4 Å². The van der Waals surface area contributed by atoms with Gasteiger partial charge in [-0.05, 0) is 18.1 Å². The number of rotatable bonds is 8. The van der Waals surface area contributed by atoms with Gasteiger partial charge in [-0.3, -0.25) is 14.9 Å². The summed E-state index contributed by atoms with van der Waals surface area (Å²) in [6, 6.07) is 2.91. The van der Waals surface area contributed by atoms with Crippen LogP contribution in [0.5, 0.6) is 0 Å². The fourth-order valence-corrected chi connectivity index (χ4v) is 2.69. The lowest BCUT2D eigenvalue weighted by molar-refractivity contribution is -0.140. The molecule has 20 heavy (non-hydrogen) atoms. The SMILES string of the molecule is CC[C@H](C)[C@H](NCC(=O)NCc1ccc(Cl)s1)C(=O)O. The summed E-state index contributed by atoms with van der Waals surface area (Å²) < 4.78 is 0.676. The second-order valence-corrected chi connectivity index (χ2v) is 6.36. The molecule has 0 aliphatic heterocycles. The number of aliphatic carboxylic acids is 1. The van der Waals surface area contributed by atoms with Crippen molar-refractivity contribution in [2.75, 3.05) is 6.54 Å². The van der Waals surface area contributed by atoms with E-state index in [9.17, 15) is 9.59 Å². The van der Waals surface area contributed by atoms with Gasteiger partial charge >= 0.3 is 5.97 Å². The fraction of sp³-hybridized carbons (Fsp3) is 0.538. The number of amides is 1. The van der Waals surface area contributed by atoms with Gasteiger partial charge in [0.1, 0.15) is 6.04 Å². The number of carbonyl (C=O) groups is 2. The van der Waals surface area contributed by atoms with E-state index in [2.05, 4.69) is 10.6 Å². The zero-order chi connectivity index (χ0) is 15.1. The Balaban J connectivity index is 2.36. The molecule has 1 aromatic heterocycles. The number of hydrogen-bond acceptors (Lipinski definition) is 4. The molecular weight excluding hydrogens is 300 g/mol. The summed E-state index contributed by atoms with van der Waals surface area (Å²) in [7, 11) is 0. The zero-order valence-corrected chi connectivity index (χ0v) is 13.1. The first kappa shape index (κ1) is 16.9. The normalized spacial score (nSPS) is 13.8. The lowest BCUT2D eigenvalue weighted by Gasteiger charge is -2.19. The number of carboxylic acid groups (broad SMARTS) is 1. The quantitative estimate of drug-likeness (QED) is 0.686. The largest absolute Gasteiger partial charge is 0.480 e. The summed E-state index contributed by atoms with van der Waals surface area (Å²) in [5, 5.41) is 14.6. The van der Waals surface area contributed by atoms with Gasteiger partial charge in [0.15, 0.2) is 0 Å². The van der Waals surface area contributed by atoms with Crippen molar-refractivity contribution in [3.8, 4) is 0 Å². The molecule has 0 saturated heterocycles. The van der Waals surface area contributed by atoms with Crippen LogP contribution in [0.1, 0.15) is 25.1 Å². The third kappa shape index (κ3) is 5.48. The second-order valence-electron chi connectivity index (χ2n) is 4.56. The maximum Gasteiger partial charge on any atom is 0.320 e. The van der Waals surface area contributed by atoms with E-state index in [4.69, 9.17) is 16.7 Å². The van der Waals surface area contributed by atoms with Crippen LogP contribution in [0.3, 0.4) is 0 Å². The highest BCUT2D eigenvalue weighted by atomic mass is 35.5. The van der Waals surface area contributed by atoms with Gasteiger partial charge in [-0.15, -0.1) is 11.3 Å². The summed E-state index contributed by atoms with van der Waals surface area (Å²) in [5.41, 5.74) is 0. The molecule has 0 spiro atoms. The molecule has 0 aliphatic rings. The average molecular weight is 319 g/mol. The van der Waals surface area contributed by atoms with E-state index >= 15 is 0 Å². The van der Waals surface area contributed by atoms with Crippen molar-refractivity contribution < 1.29 is 14.7 Å². The molecule has 1 rings (SSSR count). The number of thiophene rings is 1. The summed E-state index contributed by atoms with van der Waals surface area (Å²) in [4.78, 5) is 23.7. The lowest BCUT2D eigenvalue weighted by atomic mass is 9.99. The first-order valence-electron chi connectivity index (χ1n) is 6.41. The first-order valence-corrected chi connectivity index (χ1v) is 7.60. The molecule has 3 N–H and O–H groups in total. The van der Waals surface area contributed by atoms with Gasteiger partial charge in [-0.2, -0.15) is 0 Å². The van der Waals surface area contributed by atoms with Gasteiger partial charge < -0.3 is 10.4 Å². The minimum atomic E-state index is -0.933. The molecule has 0 bridgehead atoms. The Labute approximate surface area is 127 Å². The van der Waals surface area contributed by atoms with Crippen LogP contribution in [0.15, 0.2) is 12.1 Å². The van der Waals surface area contributed by atoms with Crippen LogP contribution < -0.4 is 10.6 Å². The maximum absolute atomic E-state index is 11.7. The molecule has 1 amide bonds. The number of carbonyl (C=O) groups excluding carboxylic acids is 1. The molecule has 0 unspecified atom stereocenters. The van der Waals surface area contributed by atoms with E-state index in [1.165, 1.54) is 11.3 Å². The maximum atomic E-state index is 11.7. The van der Waals surface area contributed by atoms with Crippen LogP contribution in [-0.4, -0.2) is 29.6 Å². The Morgan fingerprint density at radius 2 is 2.15 bits per heavy atom. The van der Waals surface area contributed by atoms with E-state index < -0.39 is 12.0 Å². The van der Waals surface area contributed by atoms with E-state index in [-0.39, 0.29) is 18.4 Å². The molecule has 5 nitrogen and oxygen atoms in total. The first-order chi connectivity index (χ1) is 9.43. The predicted octanol–water partition coefficient (Wildman–Crippen LogP) is 2.11. The van der Waals surface area contributed by atoms with Crippen LogP contribution in [0.25, 0.3) is 0 Å². The molecule has 0 aliphatic carbocycles. The Morgan fingerprint density at radius 1 is 1.45 bits per heavy atom. The fourth-order valence-electron chi connectivity index (χ4n) is 1.67. The van der Waals surface area contributed by atoms with Crippen LogP contribution in [0, 0.1) is 5.92 Å². The van der Waals surface area contributed by atoms with Gasteiger partial charge in [0, 0.05) is 4.88 Å². The summed E-state index contributed by atoms with van der Waals surface area (Å²) in [6.45, 7) is 4.15. The molecule has 0 saturated carbocycles. The Morgan fingerprint density at radius 3 is 2.65 bits per heavy atom. The lowest BCUT2D eigenvalue weighted by Crippen LogP contribution is -2.46. The van der Waals surface area contributed by atoms with Gasteiger partial charge in [-0.25, -0.2) is 0 Å². The highest BCUT2D eigenvalue weighted by molar-refractivity contribution is 7.16. The number of nitrogens with one attached hydrogen (secondary N) is 2.